The van der Waals surface area contributed by atoms with Crippen LogP contribution in [0.2, 0.25) is 0 Å². The van der Waals surface area contributed by atoms with E-state index in [1.807, 2.05) is 19.1 Å². The highest BCUT2D eigenvalue weighted by Gasteiger charge is 2.41. The maximum Gasteiger partial charge on any atom is 0.251 e. The van der Waals surface area contributed by atoms with E-state index < -0.39 is 5.91 Å². The average molecular weight is 492 g/mol. The molecular weight excluding hydrogens is 454 g/mol. The van der Waals surface area contributed by atoms with E-state index in [2.05, 4.69) is 41.3 Å². The number of nitrogens with two attached hydrogens (primary N) is 1. The van der Waals surface area contributed by atoms with E-state index >= 15 is 0 Å². The summed E-state index contributed by atoms with van der Waals surface area (Å²) in [5.74, 6) is 0.218. The van der Waals surface area contributed by atoms with Crippen molar-refractivity contribution in [2.45, 2.75) is 84.5 Å². The second-order valence-corrected chi connectivity index (χ2v) is 11.3. The van der Waals surface area contributed by atoms with Crippen molar-refractivity contribution in [2.75, 3.05) is 10.2 Å². The van der Waals surface area contributed by atoms with Crippen LogP contribution in [0.1, 0.15) is 91.4 Å². The summed E-state index contributed by atoms with van der Waals surface area (Å²) < 4.78 is 0. The first-order valence-electron chi connectivity index (χ1n) is 12.7. The van der Waals surface area contributed by atoms with Crippen LogP contribution in [-0.2, 0) is 0 Å². The van der Waals surface area contributed by atoms with E-state index in [9.17, 15) is 14.4 Å². The Balaban J connectivity index is 1.45. The number of rotatable bonds is 7. The Bertz CT molecular complexity index is 1140. The van der Waals surface area contributed by atoms with E-state index in [1.54, 1.807) is 31.3 Å². The number of pyridine rings is 1. The van der Waals surface area contributed by atoms with Crippen LogP contribution in [0.15, 0.2) is 36.5 Å². The first kappa shape index (κ1) is 25.7. The van der Waals surface area contributed by atoms with Crippen molar-refractivity contribution in [3.63, 3.8) is 0 Å². The zero-order valence-corrected chi connectivity index (χ0v) is 21.8. The van der Waals surface area contributed by atoms with Gasteiger partial charge in [-0.25, -0.2) is 4.98 Å². The van der Waals surface area contributed by atoms with Gasteiger partial charge in [0.05, 0.1) is 5.56 Å². The maximum atomic E-state index is 13.2. The quantitative estimate of drug-likeness (QED) is 0.501. The van der Waals surface area contributed by atoms with Gasteiger partial charge in [0.25, 0.3) is 11.8 Å². The number of nitrogens with zero attached hydrogens (tertiary/aromatic N) is 2. The summed E-state index contributed by atoms with van der Waals surface area (Å²) in [5.41, 5.74) is 7.61. The smallest absolute Gasteiger partial charge is 0.251 e. The molecule has 192 valence electrons. The predicted molar refractivity (Wildman–Crippen MR) is 142 cm³/mol. The topological polar surface area (TPSA) is 117 Å². The van der Waals surface area contributed by atoms with Crippen LogP contribution >= 0.6 is 0 Å². The highest BCUT2D eigenvalue weighted by Crippen LogP contribution is 2.38. The predicted octanol–water partition coefficient (Wildman–Crippen LogP) is 4.16. The number of nitrogens with one attached hydrogen (secondary N) is 2. The molecule has 36 heavy (non-hydrogen) atoms. The molecule has 8 heteroatoms. The third-order valence-corrected chi connectivity index (χ3v) is 7.71. The number of ketones is 1. The van der Waals surface area contributed by atoms with Crippen LogP contribution in [0.25, 0.3) is 0 Å². The minimum absolute atomic E-state index is 0.00789. The number of amides is 2. The Labute approximate surface area is 213 Å². The number of hydrogen-bond acceptors (Lipinski definition) is 6. The van der Waals surface area contributed by atoms with E-state index in [0.717, 1.165) is 31.5 Å². The molecule has 2 saturated heterocycles. The fourth-order valence-electron chi connectivity index (χ4n) is 5.15. The fourth-order valence-corrected chi connectivity index (χ4v) is 5.15. The van der Waals surface area contributed by atoms with Crippen molar-refractivity contribution >= 4 is 29.1 Å². The molecule has 3 heterocycles. The summed E-state index contributed by atoms with van der Waals surface area (Å²) in [6.45, 7) is 9.92. The normalized spacial score (nSPS) is 22.1. The minimum Gasteiger partial charge on any atom is -0.381 e. The molecule has 2 aromatic rings. The largest absolute Gasteiger partial charge is 0.381 e. The third kappa shape index (κ3) is 5.37. The summed E-state index contributed by atoms with van der Waals surface area (Å²) in [6.07, 6.45) is 5.43. The average Bonchev–Trinajstić information content (AvgIpc) is 3.08. The molecule has 0 saturated carbocycles. The van der Waals surface area contributed by atoms with Gasteiger partial charge in [0.1, 0.15) is 5.82 Å². The SMILES string of the molecule is CC(=O)c1ccc(N2[C@@H]3CC[C@H]2CC(NC(=O)c2ccc(C(N)=O)c(NC(C)C(C)(C)C)c2)C3)nc1. The molecule has 4 N–H and O–H groups in total. The Morgan fingerprint density at radius 2 is 1.69 bits per heavy atom. The van der Waals surface area contributed by atoms with Gasteiger partial charge in [0, 0.05) is 47.2 Å². The van der Waals surface area contributed by atoms with Crippen LogP contribution < -0.4 is 21.3 Å². The Hall–Kier alpha value is -3.42. The number of Topliss-reactive ketones (excluding diaryl/α,β-unsaturated/α-hetero) is 1. The van der Waals surface area contributed by atoms with E-state index in [0.29, 0.717) is 34.5 Å². The van der Waals surface area contributed by atoms with Crippen molar-refractivity contribution < 1.29 is 14.4 Å². The molecule has 2 aliphatic rings. The third-order valence-electron chi connectivity index (χ3n) is 7.71. The zero-order valence-electron chi connectivity index (χ0n) is 21.8. The number of primary amides is 1. The van der Waals surface area contributed by atoms with Crippen LogP contribution in [0.5, 0.6) is 0 Å². The van der Waals surface area contributed by atoms with Crippen molar-refractivity contribution in [3.8, 4) is 0 Å². The van der Waals surface area contributed by atoms with Gasteiger partial charge in [-0.15, -0.1) is 0 Å². The molecule has 1 aromatic carbocycles. The highest BCUT2D eigenvalue weighted by atomic mass is 16.2. The molecule has 4 atom stereocenters. The van der Waals surface area contributed by atoms with Crippen LogP contribution in [0, 0.1) is 5.41 Å². The summed E-state index contributed by atoms with van der Waals surface area (Å²) in [6, 6.07) is 9.48. The lowest BCUT2D eigenvalue weighted by molar-refractivity contribution is 0.0924. The standard InChI is InChI=1S/C28H37N5O3/c1-16(34)19-7-11-25(30-15-19)33-21-8-9-22(33)14-20(13-21)32-27(36)18-6-10-23(26(29)35)24(12-18)31-17(2)28(3,4)5/h6-7,10-12,15,17,20-22,31H,8-9,13-14H2,1-5H3,(H2,29,35)(H,32,36)/t17?,20?,21-,22+. The summed E-state index contributed by atoms with van der Waals surface area (Å²) in [4.78, 5) is 43.7. The molecule has 2 unspecified atom stereocenters. The lowest BCUT2D eigenvalue weighted by Crippen LogP contribution is -2.50. The van der Waals surface area contributed by atoms with Gasteiger partial charge >= 0.3 is 0 Å². The van der Waals surface area contributed by atoms with Gasteiger partial charge in [0.2, 0.25) is 0 Å². The van der Waals surface area contributed by atoms with Gasteiger partial charge < -0.3 is 21.3 Å². The molecular formula is C28H37N5O3. The Kier molecular flexibility index (Phi) is 7.07. The second-order valence-electron chi connectivity index (χ2n) is 11.3. The number of anilines is 2. The summed E-state index contributed by atoms with van der Waals surface area (Å²) in [5, 5.41) is 6.59. The van der Waals surface area contributed by atoms with Crippen LogP contribution in [0.3, 0.4) is 0 Å². The molecule has 0 radical (unpaired) electrons. The summed E-state index contributed by atoms with van der Waals surface area (Å²) >= 11 is 0. The van der Waals surface area contributed by atoms with E-state index in [-0.39, 0.29) is 29.2 Å². The molecule has 2 bridgehead atoms. The number of fused-ring (bicyclic) bond motifs is 2. The summed E-state index contributed by atoms with van der Waals surface area (Å²) in [7, 11) is 0. The molecule has 2 fully saturated rings. The van der Waals surface area contributed by atoms with Crippen molar-refractivity contribution in [2.24, 2.45) is 11.1 Å². The molecule has 1 aromatic heterocycles. The molecule has 0 spiro atoms. The minimum atomic E-state index is -0.528. The van der Waals surface area contributed by atoms with Crippen molar-refractivity contribution in [1.82, 2.24) is 10.3 Å². The number of piperidine rings is 1. The van der Waals surface area contributed by atoms with Gasteiger partial charge in [-0.3, -0.25) is 14.4 Å². The number of benzene rings is 1. The van der Waals surface area contributed by atoms with Crippen LogP contribution in [-0.4, -0.2) is 46.7 Å². The lowest BCUT2D eigenvalue weighted by atomic mass is 9.87. The fraction of sp³-hybridized carbons (Fsp3) is 0.500. The van der Waals surface area contributed by atoms with Crippen molar-refractivity contribution in [1.29, 1.82) is 0 Å². The monoisotopic (exact) mass is 491 g/mol. The first-order valence-corrected chi connectivity index (χ1v) is 12.7. The van der Waals surface area contributed by atoms with Gasteiger partial charge in [-0.05, 0) is 75.3 Å². The lowest BCUT2D eigenvalue weighted by Gasteiger charge is -2.40. The Morgan fingerprint density at radius 1 is 1.06 bits per heavy atom. The molecule has 2 amide bonds. The second kappa shape index (κ2) is 9.91. The Morgan fingerprint density at radius 3 is 2.22 bits per heavy atom. The highest BCUT2D eigenvalue weighted by molar-refractivity contribution is 6.02. The van der Waals surface area contributed by atoms with E-state index in [4.69, 9.17) is 5.73 Å². The van der Waals surface area contributed by atoms with Crippen molar-refractivity contribution in [3.05, 3.63) is 53.2 Å². The number of aromatic nitrogens is 1. The molecule has 8 nitrogen and oxygen atoms in total. The zero-order chi connectivity index (χ0) is 26.2. The van der Waals surface area contributed by atoms with E-state index in [1.165, 1.54) is 0 Å². The van der Waals surface area contributed by atoms with Gasteiger partial charge in [0.15, 0.2) is 5.78 Å². The van der Waals surface area contributed by atoms with Crippen LogP contribution in [0.4, 0.5) is 11.5 Å². The number of carbonyl (C=O) groups excluding carboxylic acids is 3. The first-order chi connectivity index (χ1) is 16.9. The molecule has 4 rings (SSSR count). The molecule has 0 aliphatic carbocycles. The van der Waals surface area contributed by atoms with Gasteiger partial charge in [-0.1, -0.05) is 20.8 Å². The number of carbonyl (C=O) groups is 3. The number of hydrogen-bond donors (Lipinski definition) is 3. The molecule has 2 aliphatic heterocycles. The maximum absolute atomic E-state index is 13.2. The van der Waals surface area contributed by atoms with Gasteiger partial charge in [-0.2, -0.15) is 0 Å².